The minimum atomic E-state index is -0.146. The lowest BCUT2D eigenvalue weighted by atomic mass is 10.1. The Hall–Kier alpha value is -1.29. The number of aryl methyl sites for hydroxylation is 1. The van der Waals surface area contributed by atoms with E-state index < -0.39 is 0 Å². The predicted octanol–water partition coefficient (Wildman–Crippen LogP) is 2.29. The molecule has 0 unspecified atom stereocenters. The van der Waals surface area contributed by atoms with Gasteiger partial charge in [0.15, 0.2) is 0 Å². The first-order valence-electron chi connectivity index (χ1n) is 7.08. The van der Waals surface area contributed by atoms with Crippen LogP contribution in [0.15, 0.2) is 18.3 Å². The number of carbonyl (C=O) groups is 1. The predicted molar refractivity (Wildman–Crippen MR) is 78.9 cm³/mol. The molecular weight excluding hydrogens is 238 g/mol. The number of rotatable bonds is 7. The third-order valence-corrected chi connectivity index (χ3v) is 2.74. The zero-order valence-corrected chi connectivity index (χ0v) is 12.6. The van der Waals surface area contributed by atoms with Gasteiger partial charge >= 0.3 is 0 Å². The number of nitrogens with one attached hydrogen (secondary N) is 2. The summed E-state index contributed by atoms with van der Waals surface area (Å²) >= 11 is 0. The molecule has 19 heavy (non-hydrogen) atoms. The van der Waals surface area contributed by atoms with E-state index in [9.17, 15) is 4.79 Å². The Labute approximate surface area is 116 Å². The Bertz CT molecular complexity index is 390. The molecule has 108 valence electrons. The lowest BCUT2D eigenvalue weighted by molar-refractivity contribution is -0.122. The van der Waals surface area contributed by atoms with Gasteiger partial charge in [-0.15, -0.1) is 0 Å². The number of hydrogen-bond acceptors (Lipinski definition) is 2. The van der Waals surface area contributed by atoms with Crippen LogP contribution in [0.25, 0.3) is 0 Å². The smallest absolute Gasteiger partial charge is 0.221 e. The van der Waals surface area contributed by atoms with Crippen molar-refractivity contribution in [3.05, 3.63) is 24.0 Å². The van der Waals surface area contributed by atoms with Crippen LogP contribution in [0.5, 0.6) is 0 Å². The monoisotopic (exact) mass is 265 g/mol. The van der Waals surface area contributed by atoms with E-state index in [0.717, 1.165) is 19.5 Å². The van der Waals surface area contributed by atoms with Gasteiger partial charge in [-0.05, 0) is 39.3 Å². The molecule has 0 aromatic carbocycles. The standard InChI is InChI=1S/C15H27N3O/c1-5-10-18-11-6-7-13(18)12-16-9-8-14(19)17-15(2,3)4/h6-7,11,16H,5,8-10,12H2,1-4H3,(H,17,19). The van der Waals surface area contributed by atoms with E-state index in [4.69, 9.17) is 0 Å². The van der Waals surface area contributed by atoms with E-state index >= 15 is 0 Å². The topological polar surface area (TPSA) is 46.1 Å². The molecule has 0 radical (unpaired) electrons. The molecule has 0 aliphatic rings. The van der Waals surface area contributed by atoms with Crippen molar-refractivity contribution in [2.45, 2.75) is 59.2 Å². The molecule has 1 aromatic rings. The van der Waals surface area contributed by atoms with E-state index in [2.05, 4.69) is 40.5 Å². The number of carbonyl (C=O) groups excluding carboxylic acids is 1. The lowest BCUT2D eigenvalue weighted by Crippen LogP contribution is -2.41. The molecule has 0 aliphatic carbocycles. The Kier molecular flexibility index (Phi) is 6.09. The van der Waals surface area contributed by atoms with E-state index in [1.807, 2.05) is 20.8 Å². The van der Waals surface area contributed by atoms with Crippen molar-refractivity contribution in [1.82, 2.24) is 15.2 Å². The first-order valence-corrected chi connectivity index (χ1v) is 7.08. The van der Waals surface area contributed by atoms with Crippen molar-refractivity contribution in [2.24, 2.45) is 0 Å². The molecule has 1 heterocycles. The largest absolute Gasteiger partial charge is 0.351 e. The summed E-state index contributed by atoms with van der Waals surface area (Å²) in [6, 6.07) is 4.19. The summed E-state index contributed by atoms with van der Waals surface area (Å²) in [6.07, 6.45) is 3.76. The molecule has 0 atom stereocenters. The molecule has 0 spiro atoms. The van der Waals surface area contributed by atoms with Crippen molar-refractivity contribution in [2.75, 3.05) is 6.54 Å². The highest BCUT2D eigenvalue weighted by Crippen LogP contribution is 2.03. The summed E-state index contributed by atoms with van der Waals surface area (Å²) in [7, 11) is 0. The molecule has 1 amide bonds. The van der Waals surface area contributed by atoms with Gasteiger partial charge in [0.1, 0.15) is 0 Å². The molecule has 4 nitrogen and oxygen atoms in total. The van der Waals surface area contributed by atoms with Crippen molar-refractivity contribution in [1.29, 1.82) is 0 Å². The van der Waals surface area contributed by atoms with Gasteiger partial charge < -0.3 is 15.2 Å². The quantitative estimate of drug-likeness (QED) is 0.743. The van der Waals surface area contributed by atoms with Crippen LogP contribution < -0.4 is 10.6 Å². The molecule has 2 N–H and O–H groups in total. The zero-order valence-electron chi connectivity index (χ0n) is 12.6. The molecule has 0 aliphatic heterocycles. The highest BCUT2D eigenvalue weighted by molar-refractivity contribution is 5.76. The molecule has 1 rings (SSSR count). The van der Waals surface area contributed by atoms with Crippen LogP contribution in [-0.4, -0.2) is 22.6 Å². The summed E-state index contributed by atoms with van der Waals surface area (Å²) in [5, 5.41) is 6.28. The average Bonchev–Trinajstić information content (AvgIpc) is 2.70. The second-order valence-electron chi connectivity index (χ2n) is 5.92. The summed E-state index contributed by atoms with van der Waals surface area (Å²) in [4.78, 5) is 11.6. The Balaban J connectivity index is 2.23. The highest BCUT2D eigenvalue weighted by atomic mass is 16.1. The SMILES string of the molecule is CCCn1cccc1CNCCC(=O)NC(C)(C)C. The van der Waals surface area contributed by atoms with Gasteiger partial charge in [0.25, 0.3) is 0 Å². The molecule has 0 saturated heterocycles. The maximum absolute atomic E-state index is 11.6. The normalized spacial score (nSPS) is 11.6. The molecule has 4 heteroatoms. The van der Waals surface area contributed by atoms with Crippen molar-refractivity contribution < 1.29 is 4.79 Å². The summed E-state index contributed by atoms with van der Waals surface area (Å²) in [5.41, 5.74) is 1.13. The maximum Gasteiger partial charge on any atom is 0.221 e. The molecule has 0 fully saturated rings. The summed E-state index contributed by atoms with van der Waals surface area (Å²) in [6.45, 7) is 10.7. The molecule has 1 aromatic heterocycles. The van der Waals surface area contributed by atoms with E-state index in [0.29, 0.717) is 13.0 Å². The highest BCUT2D eigenvalue weighted by Gasteiger charge is 2.12. The fraction of sp³-hybridized carbons (Fsp3) is 0.667. The summed E-state index contributed by atoms with van der Waals surface area (Å²) in [5.74, 6) is 0.101. The van der Waals surface area contributed by atoms with Crippen LogP contribution in [0.4, 0.5) is 0 Å². The van der Waals surface area contributed by atoms with Crippen LogP contribution in [0.1, 0.15) is 46.2 Å². The second-order valence-corrected chi connectivity index (χ2v) is 5.92. The van der Waals surface area contributed by atoms with Gasteiger partial charge in [-0.2, -0.15) is 0 Å². The third-order valence-electron chi connectivity index (χ3n) is 2.74. The van der Waals surface area contributed by atoms with Gasteiger partial charge in [0, 0.05) is 43.5 Å². The van der Waals surface area contributed by atoms with Crippen molar-refractivity contribution >= 4 is 5.91 Å². The van der Waals surface area contributed by atoms with Crippen molar-refractivity contribution in [3.63, 3.8) is 0 Å². The van der Waals surface area contributed by atoms with Gasteiger partial charge in [0.2, 0.25) is 5.91 Å². The van der Waals surface area contributed by atoms with Crippen LogP contribution >= 0.6 is 0 Å². The van der Waals surface area contributed by atoms with E-state index in [1.165, 1.54) is 5.69 Å². The fourth-order valence-electron chi connectivity index (χ4n) is 1.97. The first-order chi connectivity index (χ1) is 8.92. The summed E-state index contributed by atoms with van der Waals surface area (Å²) < 4.78 is 2.25. The Morgan fingerprint density at radius 1 is 1.37 bits per heavy atom. The van der Waals surface area contributed by atoms with Gasteiger partial charge in [-0.1, -0.05) is 6.92 Å². The number of nitrogens with zero attached hydrogens (tertiary/aromatic N) is 1. The van der Waals surface area contributed by atoms with E-state index in [1.54, 1.807) is 0 Å². The Morgan fingerprint density at radius 2 is 2.11 bits per heavy atom. The third kappa shape index (κ3) is 6.43. The molecule has 0 bridgehead atoms. The van der Waals surface area contributed by atoms with Crippen LogP contribution in [-0.2, 0) is 17.9 Å². The first kappa shape index (κ1) is 15.8. The zero-order chi connectivity index (χ0) is 14.3. The fourth-order valence-corrected chi connectivity index (χ4v) is 1.97. The van der Waals surface area contributed by atoms with Crippen LogP contribution in [0.3, 0.4) is 0 Å². The van der Waals surface area contributed by atoms with E-state index in [-0.39, 0.29) is 11.4 Å². The second kappa shape index (κ2) is 7.34. The maximum atomic E-state index is 11.6. The Morgan fingerprint density at radius 3 is 2.74 bits per heavy atom. The number of hydrogen-bond donors (Lipinski definition) is 2. The number of aromatic nitrogens is 1. The van der Waals surface area contributed by atoms with Gasteiger partial charge in [0.05, 0.1) is 0 Å². The van der Waals surface area contributed by atoms with Crippen LogP contribution in [0, 0.1) is 0 Å². The van der Waals surface area contributed by atoms with Crippen molar-refractivity contribution in [3.8, 4) is 0 Å². The van der Waals surface area contributed by atoms with Crippen LogP contribution in [0.2, 0.25) is 0 Å². The molecule has 0 saturated carbocycles. The minimum Gasteiger partial charge on any atom is -0.351 e. The van der Waals surface area contributed by atoms with Gasteiger partial charge in [-0.3, -0.25) is 4.79 Å². The van der Waals surface area contributed by atoms with Gasteiger partial charge in [-0.25, -0.2) is 0 Å². The lowest BCUT2D eigenvalue weighted by Gasteiger charge is -2.20. The minimum absolute atomic E-state index is 0.101. The average molecular weight is 265 g/mol. The molecular formula is C15H27N3O. The number of amides is 1.